The molecule has 230 valence electrons. The molecule has 0 saturated carbocycles. The van der Waals surface area contributed by atoms with Crippen LogP contribution >= 0.6 is 0 Å². The van der Waals surface area contributed by atoms with Crippen molar-refractivity contribution >= 4 is 5.97 Å². The first-order valence-corrected chi connectivity index (χ1v) is 16.9. The van der Waals surface area contributed by atoms with Crippen LogP contribution in [-0.2, 0) is 0 Å². The number of carbonyl (C=O) groups excluding carboxylic acids is 1. The van der Waals surface area contributed by atoms with Gasteiger partial charge in [-0.15, -0.1) is 0 Å². The fraction of sp³-hybridized carbons (Fsp3) is 0.649. The minimum absolute atomic E-state index is 0.373. The van der Waals surface area contributed by atoms with E-state index in [0.717, 1.165) is 30.9 Å². The third-order valence-electron chi connectivity index (χ3n) is 7.66. The lowest BCUT2D eigenvalue weighted by Crippen LogP contribution is -2.08. The van der Waals surface area contributed by atoms with E-state index in [2.05, 4.69) is 13.8 Å². The van der Waals surface area contributed by atoms with Crippen LogP contribution < -0.4 is 14.2 Å². The summed E-state index contributed by atoms with van der Waals surface area (Å²) in [5.74, 6) is 1.73. The molecule has 2 aromatic carbocycles. The lowest BCUT2D eigenvalue weighted by atomic mass is 10.0. The second-order valence-corrected chi connectivity index (χ2v) is 11.4. The predicted octanol–water partition coefficient (Wildman–Crippen LogP) is 11.5. The van der Waals surface area contributed by atoms with Crippen molar-refractivity contribution in [3.05, 3.63) is 54.1 Å². The molecule has 0 saturated heterocycles. The van der Waals surface area contributed by atoms with Gasteiger partial charge in [0.15, 0.2) is 0 Å². The quantitative estimate of drug-likeness (QED) is 0.0645. The Hall–Kier alpha value is -2.49. The van der Waals surface area contributed by atoms with Gasteiger partial charge in [-0.3, -0.25) is 0 Å². The van der Waals surface area contributed by atoms with E-state index < -0.39 is 0 Å². The van der Waals surface area contributed by atoms with Gasteiger partial charge in [-0.05, 0) is 61.4 Å². The van der Waals surface area contributed by atoms with Gasteiger partial charge in [0.05, 0.1) is 18.8 Å². The fourth-order valence-electron chi connectivity index (χ4n) is 5.02. The zero-order valence-electron chi connectivity index (χ0n) is 26.3. The first kappa shape index (κ1) is 34.7. The molecule has 0 N–H and O–H groups in total. The summed E-state index contributed by atoms with van der Waals surface area (Å²) in [6.07, 6.45) is 26.6. The monoisotopic (exact) mass is 566 g/mol. The van der Waals surface area contributed by atoms with Gasteiger partial charge in [-0.2, -0.15) is 0 Å². The standard InChI is InChI=1S/C37H58O4/c1-3-5-7-9-10-11-12-13-14-15-16-17-18-19-20-22-32-39-34-25-23-33(24-26-34)37(38)41-36-29-27-35(28-30-36)40-31-21-8-6-4-2/h23-30H,3-22,31-32H2,1-2H3. The fourth-order valence-corrected chi connectivity index (χ4v) is 5.02. The van der Waals surface area contributed by atoms with E-state index in [9.17, 15) is 4.79 Å². The molecule has 41 heavy (non-hydrogen) atoms. The number of carbonyl (C=O) groups is 1. The largest absolute Gasteiger partial charge is 0.494 e. The Bertz CT molecular complexity index is 875. The summed E-state index contributed by atoms with van der Waals surface area (Å²) in [5.41, 5.74) is 0.510. The second-order valence-electron chi connectivity index (χ2n) is 11.4. The van der Waals surface area contributed by atoms with E-state index in [1.165, 1.54) is 116 Å². The molecule has 0 radical (unpaired) electrons. The Kier molecular flexibility index (Phi) is 20.4. The predicted molar refractivity (Wildman–Crippen MR) is 173 cm³/mol. The average molecular weight is 567 g/mol. The molecule has 0 aliphatic carbocycles. The maximum atomic E-state index is 12.5. The zero-order valence-corrected chi connectivity index (χ0v) is 26.3. The molecule has 4 nitrogen and oxygen atoms in total. The molecule has 0 aliphatic heterocycles. The van der Waals surface area contributed by atoms with Crippen molar-refractivity contribution in [2.45, 2.75) is 142 Å². The van der Waals surface area contributed by atoms with Crippen LogP contribution in [0.1, 0.15) is 153 Å². The summed E-state index contributed by atoms with van der Waals surface area (Å²) in [5, 5.41) is 0. The highest BCUT2D eigenvalue weighted by Crippen LogP contribution is 2.20. The van der Waals surface area contributed by atoms with Crippen molar-refractivity contribution in [3.8, 4) is 17.2 Å². The van der Waals surface area contributed by atoms with Gasteiger partial charge in [0.25, 0.3) is 0 Å². The summed E-state index contributed by atoms with van der Waals surface area (Å²) in [4.78, 5) is 12.5. The van der Waals surface area contributed by atoms with Gasteiger partial charge < -0.3 is 14.2 Å². The SMILES string of the molecule is CCCCCCCCCCCCCCCCCCOc1ccc(C(=O)Oc2ccc(OCCCCCC)cc2)cc1. The molecule has 4 heteroatoms. The Morgan fingerprint density at radius 2 is 0.756 bits per heavy atom. The lowest BCUT2D eigenvalue weighted by molar-refractivity contribution is 0.0734. The molecular formula is C37H58O4. The van der Waals surface area contributed by atoms with Crippen molar-refractivity contribution < 1.29 is 19.0 Å². The van der Waals surface area contributed by atoms with Crippen LogP contribution in [0, 0.1) is 0 Å². The van der Waals surface area contributed by atoms with E-state index in [4.69, 9.17) is 14.2 Å². The van der Waals surface area contributed by atoms with Crippen LogP contribution in [0.2, 0.25) is 0 Å². The molecule has 0 fully saturated rings. The van der Waals surface area contributed by atoms with Gasteiger partial charge >= 0.3 is 5.97 Å². The Morgan fingerprint density at radius 3 is 1.17 bits per heavy atom. The van der Waals surface area contributed by atoms with E-state index in [-0.39, 0.29) is 5.97 Å². The molecule has 0 aromatic heterocycles. The molecule has 0 atom stereocenters. The molecule has 0 spiro atoms. The van der Waals surface area contributed by atoms with Crippen molar-refractivity contribution in [2.75, 3.05) is 13.2 Å². The summed E-state index contributed by atoms with van der Waals surface area (Å²) in [6.45, 7) is 5.92. The smallest absolute Gasteiger partial charge is 0.343 e. The van der Waals surface area contributed by atoms with Crippen LogP contribution in [-0.4, -0.2) is 19.2 Å². The molecule has 0 aliphatic rings. The highest BCUT2D eigenvalue weighted by atomic mass is 16.5. The van der Waals surface area contributed by atoms with Crippen molar-refractivity contribution in [1.82, 2.24) is 0 Å². The normalized spacial score (nSPS) is 11.0. The topological polar surface area (TPSA) is 44.8 Å². The highest BCUT2D eigenvalue weighted by molar-refractivity contribution is 5.91. The number of benzene rings is 2. The molecule has 0 bridgehead atoms. The summed E-state index contributed by atoms with van der Waals surface area (Å²) in [6, 6.07) is 14.5. The van der Waals surface area contributed by atoms with E-state index in [1.807, 2.05) is 24.3 Å². The molecule has 0 amide bonds. The van der Waals surface area contributed by atoms with E-state index in [0.29, 0.717) is 17.9 Å². The van der Waals surface area contributed by atoms with Gasteiger partial charge in [0.2, 0.25) is 0 Å². The number of hydrogen-bond acceptors (Lipinski definition) is 4. The second kappa shape index (κ2) is 24.1. The van der Waals surface area contributed by atoms with Crippen LogP contribution in [0.15, 0.2) is 48.5 Å². The molecule has 0 unspecified atom stereocenters. The zero-order chi connectivity index (χ0) is 29.2. The first-order chi connectivity index (χ1) is 20.2. The maximum absolute atomic E-state index is 12.5. The molecule has 2 aromatic rings. The third-order valence-corrected chi connectivity index (χ3v) is 7.66. The van der Waals surface area contributed by atoms with Gasteiger partial charge in [-0.25, -0.2) is 4.79 Å². The number of esters is 1. The van der Waals surface area contributed by atoms with Gasteiger partial charge in [0, 0.05) is 0 Å². The van der Waals surface area contributed by atoms with Crippen LogP contribution in [0.4, 0.5) is 0 Å². The lowest BCUT2D eigenvalue weighted by Gasteiger charge is -2.09. The summed E-state index contributed by atoms with van der Waals surface area (Å²) < 4.78 is 17.1. The highest BCUT2D eigenvalue weighted by Gasteiger charge is 2.09. The van der Waals surface area contributed by atoms with Crippen molar-refractivity contribution in [2.24, 2.45) is 0 Å². The van der Waals surface area contributed by atoms with Crippen LogP contribution in [0.3, 0.4) is 0 Å². The van der Waals surface area contributed by atoms with Gasteiger partial charge in [-0.1, -0.05) is 129 Å². The molecule has 0 heterocycles. The molecule has 2 rings (SSSR count). The Balaban J connectivity index is 1.45. The number of hydrogen-bond donors (Lipinski definition) is 0. The summed E-state index contributed by atoms with van der Waals surface area (Å²) >= 11 is 0. The van der Waals surface area contributed by atoms with Crippen molar-refractivity contribution in [1.29, 1.82) is 0 Å². The average Bonchev–Trinajstić information content (AvgIpc) is 2.99. The Labute approximate surface area is 251 Å². The molecular weight excluding hydrogens is 508 g/mol. The minimum atomic E-state index is -0.373. The Morgan fingerprint density at radius 1 is 0.439 bits per heavy atom. The first-order valence-electron chi connectivity index (χ1n) is 16.9. The maximum Gasteiger partial charge on any atom is 0.343 e. The summed E-state index contributed by atoms with van der Waals surface area (Å²) in [7, 11) is 0. The number of ether oxygens (including phenoxy) is 3. The number of rotatable bonds is 26. The van der Waals surface area contributed by atoms with Crippen molar-refractivity contribution in [3.63, 3.8) is 0 Å². The minimum Gasteiger partial charge on any atom is -0.494 e. The van der Waals surface area contributed by atoms with E-state index in [1.54, 1.807) is 24.3 Å². The third kappa shape index (κ3) is 17.8. The van der Waals surface area contributed by atoms with Crippen LogP contribution in [0.5, 0.6) is 17.2 Å². The van der Waals surface area contributed by atoms with E-state index >= 15 is 0 Å². The van der Waals surface area contributed by atoms with Gasteiger partial charge in [0.1, 0.15) is 17.2 Å². The number of unbranched alkanes of at least 4 members (excludes halogenated alkanes) is 18. The van der Waals surface area contributed by atoms with Crippen LogP contribution in [0.25, 0.3) is 0 Å².